The summed E-state index contributed by atoms with van der Waals surface area (Å²) in [5.41, 5.74) is 1.74. The molecule has 0 spiro atoms. The highest BCUT2D eigenvalue weighted by Crippen LogP contribution is 2.29. The third kappa shape index (κ3) is 2.96. The van der Waals surface area contributed by atoms with E-state index in [1.165, 1.54) is 7.11 Å². The molecule has 0 saturated carbocycles. The Kier molecular flexibility index (Phi) is 3.98. The number of nitrogens with zero attached hydrogens (tertiary/aromatic N) is 1. The van der Waals surface area contributed by atoms with Crippen molar-refractivity contribution in [1.29, 1.82) is 0 Å². The van der Waals surface area contributed by atoms with E-state index >= 15 is 0 Å². The molecule has 1 amide bonds. The van der Waals surface area contributed by atoms with Crippen molar-refractivity contribution in [1.82, 2.24) is 4.98 Å². The lowest BCUT2D eigenvalue weighted by Crippen LogP contribution is -2.16. The highest BCUT2D eigenvalue weighted by atomic mass is 32.2. The van der Waals surface area contributed by atoms with Crippen molar-refractivity contribution in [3.63, 3.8) is 0 Å². The van der Waals surface area contributed by atoms with Gasteiger partial charge in [0.15, 0.2) is 4.34 Å². The number of nitrogens with one attached hydrogen (secondary N) is 1. The Bertz CT molecular complexity index is 539. The maximum Gasteiger partial charge on any atom is 0.250 e. The molecule has 0 saturated heterocycles. The Balaban J connectivity index is 2.21. The summed E-state index contributed by atoms with van der Waals surface area (Å²) < 4.78 is 6.86. The standard InChI is InChI=1S/C11H12N2O2S2/c1-15-6-10(14)12-7-3-4-8-9(5-7)17-11(13-8)16-2/h3-5H,6H2,1-2H3,(H,12,14). The average molecular weight is 268 g/mol. The fourth-order valence-corrected chi connectivity index (χ4v) is 2.93. The summed E-state index contributed by atoms with van der Waals surface area (Å²) in [7, 11) is 1.50. The van der Waals surface area contributed by atoms with Gasteiger partial charge in [0.25, 0.3) is 0 Å². The number of thiazole rings is 1. The van der Waals surface area contributed by atoms with Crippen molar-refractivity contribution in [2.45, 2.75) is 4.34 Å². The first-order valence-corrected chi connectivity index (χ1v) is 7.00. The molecular formula is C11H12N2O2S2. The molecule has 0 unspecified atom stereocenters. The number of benzene rings is 1. The van der Waals surface area contributed by atoms with Crippen LogP contribution in [0, 0.1) is 0 Å². The van der Waals surface area contributed by atoms with Crippen LogP contribution in [0.4, 0.5) is 5.69 Å². The number of methoxy groups -OCH3 is 1. The minimum absolute atomic E-state index is 0.0663. The van der Waals surface area contributed by atoms with E-state index in [1.54, 1.807) is 23.1 Å². The number of amides is 1. The van der Waals surface area contributed by atoms with Crippen LogP contribution in [0.2, 0.25) is 0 Å². The highest BCUT2D eigenvalue weighted by molar-refractivity contribution is 8.00. The van der Waals surface area contributed by atoms with Crippen molar-refractivity contribution < 1.29 is 9.53 Å². The Morgan fingerprint density at radius 3 is 3.12 bits per heavy atom. The smallest absolute Gasteiger partial charge is 0.250 e. The normalized spacial score (nSPS) is 10.7. The van der Waals surface area contributed by atoms with E-state index in [4.69, 9.17) is 4.74 Å². The predicted molar refractivity (Wildman–Crippen MR) is 71.9 cm³/mol. The number of anilines is 1. The topological polar surface area (TPSA) is 51.2 Å². The summed E-state index contributed by atoms with van der Waals surface area (Å²) >= 11 is 3.24. The number of carbonyl (C=O) groups excluding carboxylic acids is 1. The second kappa shape index (κ2) is 5.48. The van der Waals surface area contributed by atoms with Gasteiger partial charge in [-0.15, -0.1) is 11.3 Å². The predicted octanol–water partition coefficient (Wildman–Crippen LogP) is 2.60. The summed E-state index contributed by atoms with van der Waals surface area (Å²) in [4.78, 5) is 15.8. The van der Waals surface area contributed by atoms with Gasteiger partial charge >= 0.3 is 0 Å². The highest BCUT2D eigenvalue weighted by Gasteiger charge is 2.05. The van der Waals surface area contributed by atoms with Gasteiger partial charge in [0.05, 0.1) is 10.2 Å². The molecule has 0 bridgehead atoms. The molecule has 6 heteroatoms. The summed E-state index contributed by atoms with van der Waals surface area (Å²) in [6.07, 6.45) is 2.00. The molecule has 90 valence electrons. The van der Waals surface area contributed by atoms with Gasteiger partial charge in [-0.25, -0.2) is 4.98 Å². The zero-order valence-corrected chi connectivity index (χ0v) is 11.2. The number of rotatable bonds is 4. The number of carbonyl (C=O) groups is 1. The van der Waals surface area contributed by atoms with Crippen LogP contribution >= 0.6 is 23.1 Å². The van der Waals surface area contributed by atoms with E-state index in [0.29, 0.717) is 0 Å². The lowest BCUT2D eigenvalue weighted by Gasteiger charge is -2.03. The van der Waals surface area contributed by atoms with Crippen LogP contribution in [0.1, 0.15) is 0 Å². The number of thioether (sulfide) groups is 1. The van der Waals surface area contributed by atoms with Gasteiger partial charge in [0, 0.05) is 12.8 Å². The van der Waals surface area contributed by atoms with Crippen molar-refractivity contribution in [3.05, 3.63) is 18.2 Å². The van der Waals surface area contributed by atoms with Crippen molar-refractivity contribution in [3.8, 4) is 0 Å². The third-order valence-corrected chi connectivity index (χ3v) is 4.11. The molecule has 0 aliphatic carbocycles. The zero-order valence-electron chi connectivity index (χ0n) is 9.52. The molecular weight excluding hydrogens is 256 g/mol. The van der Waals surface area contributed by atoms with Crippen LogP contribution < -0.4 is 5.32 Å². The SMILES string of the molecule is COCC(=O)Nc1ccc2nc(SC)sc2c1. The van der Waals surface area contributed by atoms with Crippen LogP contribution in [0.25, 0.3) is 10.2 Å². The second-order valence-electron chi connectivity index (χ2n) is 3.35. The quantitative estimate of drug-likeness (QED) is 0.866. The first kappa shape index (κ1) is 12.3. The number of fused-ring (bicyclic) bond motifs is 1. The van der Waals surface area contributed by atoms with Gasteiger partial charge in [-0.1, -0.05) is 11.8 Å². The Hall–Kier alpha value is -1.11. The Labute approximate surface area is 107 Å². The lowest BCUT2D eigenvalue weighted by atomic mass is 10.3. The molecule has 1 aromatic heterocycles. The molecule has 17 heavy (non-hydrogen) atoms. The van der Waals surface area contributed by atoms with Crippen molar-refractivity contribution in [2.24, 2.45) is 0 Å². The van der Waals surface area contributed by atoms with E-state index in [1.807, 2.05) is 24.5 Å². The maximum atomic E-state index is 11.4. The minimum atomic E-state index is -0.151. The summed E-state index contributed by atoms with van der Waals surface area (Å²) in [5, 5.41) is 2.77. The molecule has 0 fully saturated rings. The maximum absolute atomic E-state index is 11.4. The van der Waals surface area contributed by atoms with Crippen LogP contribution in [-0.4, -0.2) is 30.9 Å². The van der Waals surface area contributed by atoms with Gasteiger partial charge < -0.3 is 10.1 Å². The average Bonchev–Trinajstić information content (AvgIpc) is 2.71. The van der Waals surface area contributed by atoms with Gasteiger partial charge in [-0.05, 0) is 24.5 Å². The second-order valence-corrected chi connectivity index (χ2v) is 5.43. The molecule has 2 aromatic rings. The largest absolute Gasteiger partial charge is 0.375 e. The molecule has 0 aliphatic rings. The number of hydrogen-bond donors (Lipinski definition) is 1. The lowest BCUT2D eigenvalue weighted by molar-refractivity contribution is -0.119. The molecule has 2 rings (SSSR count). The van der Waals surface area contributed by atoms with Crippen LogP contribution in [0.5, 0.6) is 0 Å². The molecule has 4 nitrogen and oxygen atoms in total. The number of hydrogen-bond acceptors (Lipinski definition) is 5. The molecule has 1 heterocycles. The van der Waals surface area contributed by atoms with Gasteiger partial charge in [0.2, 0.25) is 5.91 Å². The molecule has 0 atom stereocenters. The molecule has 0 radical (unpaired) electrons. The minimum Gasteiger partial charge on any atom is -0.375 e. The summed E-state index contributed by atoms with van der Waals surface area (Å²) in [6, 6.07) is 5.69. The Morgan fingerprint density at radius 2 is 2.41 bits per heavy atom. The molecule has 1 N–H and O–H groups in total. The third-order valence-electron chi connectivity index (χ3n) is 2.10. The van der Waals surface area contributed by atoms with Gasteiger partial charge in [-0.2, -0.15) is 0 Å². The first-order chi connectivity index (χ1) is 8.22. The fraction of sp³-hybridized carbons (Fsp3) is 0.273. The Morgan fingerprint density at radius 1 is 1.59 bits per heavy atom. The summed E-state index contributed by atoms with van der Waals surface area (Å²) in [5.74, 6) is -0.151. The van der Waals surface area contributed by atoms with Crippen molar-refractivity contribution in [2.75, 3.05) is 25.3 Å². The number of aromatic nitrogens is 1. The fourth-order valence-electron chi connectivity index (χ4n) is 1.40. The van der Waals surface area contributed by atoms with E-state index in [2.05, 4.69) is 10.3 Å². The zero-order chi connectivity index (χ0) is 12.3. The van der Waals surface area contributed by atoms with E-state index in [-0.39, 0.29) is 12.5 Å². The van der Waals surface area contributed by atoms with E-state index < -0.39 is 0 Å². The van der Waals surface area contributed by atoms with E-state index in [0.717, 1.165) is 20.2 Å². The summed E-state index contributed by atoms with van der Waals surface area (Å²) in [6.45, 7) is 0.0663. The molecule has 0 aliphatic heterocycles. The first-order valence-electron chi connectivity index (χ1n) is 4.96. The number of ether oxygens (including phenoxy) is 1. The van der Waals surface area contributed by atoms with Crippen molar-refractivity contribution >= 4 is 44.9 Å². The van der Waals surface area contributed by atoms with Gasteiger partial charge in [0.1, 0.15) is 6.61 Å². The van der Waals surface area contributed by atoms with Crippen LogP contribution in [-0.2, 0) is 9.53 Å². The molecule has 1 aromatic carbocycles. The van der Waals surface area contributed by atoms with Crippen LogP contribution in [0.3, 0.4) is 0 Å². The van der Waals surface area contributed by atoms with E-state index in [9.17, 15) is 4.79 Å². The van der Waals surface area contributed by atoms with Crippen LogP contribution in [0.15, 0.2) is 22.5 Å². The monoisotopic (exact) mass is 268 g/mol. The van der Waals surface area contributed by atoms with Gasteiger partial charge in [-0.3, -0.25) is 4.79 Å².